The van der Waals surface area contributed by atoms with Gasteiger partial charge in [-0.05, 0) is 25.3 Å². The van der Waals surface area contributed by atoms with Gasteiger partial charge in [-0.2, -0.15) is 0 Å². The number of hydrogen-bond donors (Lipinski definition) is 1. The van der Waals surface area contributed by atoms with Crippen molar-refractivity contribution in [2.75, 3.05) is 6.61 Å². The monoisotopic (exact) mass is 196 g/mol. The van der Waals surface area contributed by atoms with Crippen molar-refractivity contribution < 1.29 is 14.2 Å². The molecule has 2 nitrogen and oxygen atoms in total. The molecule has 0 saturated carbocycles. The molecule has 76 valence electrons. The van der Waals surface area contributed by atoms with E-state index in [2.05, 4.69) is 0 Å². The second-order valence-corrected chi connectivity index (χ2v) is 3.62. The first-order valence-corrected chi connectivity index (χ1v) is 4.80. The highest BCUT2D eigenvalue weighted by Gasteiger charge is 2.21. The van der Waals surface area contributed by atoms with Crippen molar-refractivity contribution in [1.29, 1.82) is 0 Å². The molecule has 3 heteroatoms. The number of rotatable bonds is 0. The molecule has 1 aliphatic rings. The molecule has 0 spiro atoms. The summed E-state index contributed by atoms with van der Waals surface area (Å²) < 4.78 is 18.9. The number of hydrogen-bond acceptors (Lipinski definition) is 2. The Hall–Kier alpha value is -1.09. The van der Waals surface area contributed by atoms with Crippen molar-refractivity contribution in [3.63, 3.8) is 0 Å². The average molecular weight is 196 g/mol. The Morgan fingerprint density at radius 3 is 3.07 bits per heavy atom. The molecule has 1 aliphatic heterocycles. The fourth-order valence-electron chi connectivity index (χ4n) is 1.68. The number of aliphatic hydroxyl groups is 1. The van der Waals surface area contributed by atoms with Gasteiger partial charge < -0.3 is 9.84 Å². The molecule has 1 aromatic carbocycles. The van der Waals surface area contributed by atoms with Crippen LogP contribution >= 0.6 is 0 Å². The maximum Gasteiger partial charge on any atom is 0.168 e. The minimum atomic E-state index is -0.595. The summed E-state index contributed by atoms with van der Waals surface area (Å²) >= 11 is 0. The molecule has 0 fully saturated rings. The van der Waals surface area contributed by atoms with E-state index in [1.807, 2.05) is 0 Å². The van der Waals surface area contributed by atoms with Crippen LogP contribution in [0.15, 0.2) is 12.1 Å². The topological polar surface area (TPSA) is 29.5 Å². The van der Waals surface area contributed by atoms with Crippen LogP contribution in [0.25, 0.3) is 0 Å². The molecule has 2 rings (SSSR count). The maximum absolute atomic E-state index is 13.6. The van der Waals surface area contributed by atoms with Crippen molar-refractivity contribution in [3.8, 4) is 5.75 Å². The third kappa shape index (κ3) is 1.48. The highest BCUT2D eigenvalue weighted by Crippen LogP contribution is 2.34. The third-order valence-corrected chi connectivity index (χ3v) is 2.55. The van der Waals surface area contributed by atoms with Crippen LogP contribution in [0, 0.1) is 12.7 Å². The van der Waals surface area contributed by atoms with E-state index in [0.717, 1.165) is 6.42 Å². The van der Waals surface area contributed by atoms with Crippen LogP contribution < -0.4 is 4.74 Å². The van der Waals surface area contributed by atoms with Gasteiger partial charge in [-0.25, -0.2) is 4.39 Å². The van der Waals surface area contributed by atoms with Crippen molar-refractivity contribution in [2.45, 2.75) is 25.9 Å². The lowest BCUT2D eigenvalue weighted by atomic mass is 10.0. The first-order chi connectivity index (χ1) is 6.70. The van der Waals surface area contributed by atoms with Gasteiger partial charge in [-0.15, -0.1) is 0 Å². The van der Waals surface area contributed by atoms with Crippen molar-refractivity contribution in [2.24, 2.45) is 0 Å². The second-order valence-electron chi connectivity index (χ2n) is 3.62. The summed E-state index contributed by atoms with van der Waals surface area (Å²) in [5, 5.41) is 9.71. The summed E-state index contributed by atoms with van der Waals surface area (Å²) in [6, 6.07) is 3.41. The molecule has 1 atom stereocenters. The van der Waals surface area contributed by atoms with Gasteiger partial charge in [0.2, 0.25) is 0 Å². The lowest BCUT2D eigenvalue weighted by Gasteiger charge is -2.12. The number of halogens is 1. The molecule has 0 unspecified atom stereocenters. The Morgan fingerprint density at radius 1 is 1.50 bits per heavy atom. The number of aryl methyl sites for hydroxylation is 1. The van der Waals surface area contributed by atoms with Gasteiger partial charge in [0.25, 0.3) is 0 Å². The van der Waals surface area contributed by atoms with Crippen LogP contribution in [0.4, 0.5) is 4.39 Å². The first-order valence-electron chi connectivity index (χ1n) is 4.80. The summed E-state index contributed by atoms with van der Waals surface area (Å²) in [7, 11) is 0. The molecule has 0 radical (unpaired) electrons. The van der Waals surface area contributed by atoms with E-state index in [4.69, 9.17) is 4.74 Å². The lowest BCUT2D eigenvalue weighted by Crippen LogP contribution is -2.00. The van der Waals surface area contributed by atoms with Crippen LogP contribution in [0.2, 0.25) is 0 Å². The molecular weight excluding hydrogens is 183 g/mol. The quantitative estimate of drug-likeness (QED) is 0.690. The number of fused-ring (bicyclic) bond motifs is 1. The van der Waals surface area contributed by atoms with E-state index in [1.165, 1.54) is 0 Å². The summed E-state index contributed by atoms with van der Waals surface area (Å²) in [6.07, 6.45) is 0.798. The van der Waals surface area contributed by atoms with Gasteiger partial charge >= 0.3 is 0 Å². The van der Waals surface area contributed by atoms with Gasteiger partial charge in [-0.1, -0.05) is 12.1 Å². The molecule has 0 saturated heterocycles. The zero-order valence-electron chi connectivity index (χ0n) is 8.09. The fourth-order valence-corrected chi connectivity index (χ4v) is 1.68. The molecule has 0 aliphatic carbocycles. The zero-order valence-corrected chi connectivity index (χ0v) is 8.09. The number of aliphatic hydroxyl groups excluding tert-OH is 1. The Morgan fingerprint density at radius 2 is 2.29 bits per heavy atom. The summed E-state index contributed by atoms with van der Waals surface area (Å²) in [5.41, 5.74) is 1.13. The number of benzene rings is 1. The molecule has 1 heterocycles. The largest absolute Gasteiger partial charge is 0.490 e. The maximum atomic E-state index is 13.6. The van der Waals surface area contributed by atoms with Crippen LogP contribution in [0.5, 0.6) is 5.75 Å². The van der Waals surface area contributed by atoms with Gasteiger partial charge in [0.05, 0.1) is 12.7 Å². The third-order valence-electron chi connectivity index (χ3n) is 2.55. The molecule has 1 aromatic rings. The normalized spacial score (nSPS) is 20.9. The Balaban J connectivity index is 2.53. The molecule has 1 N–H and O–H groups in total. The molecular formula is C11H13FO2. The Bertz CT molecular complexity index is 349. The summed E-state index contributed by atoms with van der Waals surface area (Å²) in [6.45, 7) is 2.17. The minimum Gasteiger partial charge on any atom is -0.490 e. The van der Waals surface area contributed by atoms with E-state index in [1.54, 1.807) is 19.1 Å². The highest BCUT2D eigenvalue weighted by atomic mass is 19.1. The Labute approximate surface area is 82.3 Å². The van der Waals surface area contributed by atoms with Gasteiger partial charge in [0, 0.05) is 5.56 Å². The van der Waals surface area contributed by atoms with Crippen molar-refractivity contribution >= 4 is 0 Å². The molecule has 0 amide bonds. The van der Waals surface area contributed by atoms with E-state index in [9.17, 15) is 9.50 Å². The molecule has 0 aromatic heterocycles. The minimum absolute atomic E-state index is 0.231. The van der Waals surface area contributed by atoms with Crippen LogP contribution in [-0.2, 0) is 0 Å². The summed E-state index contributed by atoms with van der Waals surface area (Å²) in [4.78, 5) is 0. The molecule has 14 heavy (non-hydrogen) atoms. The van der Waals surface area contributed by atoms with E-state index < -0.39 is 6.10 Å². The van der Waals surface area contributed by atoms with Gasteiger partial charge in [0.1, 0.15) is 0 Å². The van der Waals surface area contributed by atoms with E-state index >= 15 is 0 Å². The first kappa shape index (κ1) is 9.46. The van der Waals surface area contributed by atoms with Crippen LogP contribution in [-0.4, -0.2) is 11.7 Å². The highest BCUT2D eigenvalue weighted by molar-refractivity contribution is 5.40. The fraction of sp³-hybridized carbons (Fsp3) is 0.455. The van der Waals surface area contributed by atoms with Crippen molar-refractivity contribution in [3.05, 3.63) is 29.1 Å². The number of ether oxygens (including phenoxy) is 1. The van der Waals surface area contributed by atoms with Crippen molar-refractivity contribution in [1.82, 2.24) is 0 Å². The van der Waals surface area contributed by atoms with Crippen LogP contribution in [0.3, 0.4) is 0 Å². The molecule has 0 bridgehead atoms. The predicted molar refractivity (Wildman–Crippen MR) is 50.8 cm³/mol. The lowest BCUT2D eigenvalue weighted by molar-refractivity contribution is 0.167. The van der Waals surface area contributed by atoms with Gasteiger partial charge in [-0.3, -0.25) is 0 Å². The Kier molecular flexibility index (Phi) is 2.42. The average Bonchev–Trinajstić information content (AvgIpc) is 2.35. The smallest absolute Gasteiger partial charge is 0.168 e. The van der Waals surface area contributed by atoms with Gasteiger partial charge in [0.15, 0.2) is 11.6 Å². The summed E-state index contributed by atoms with van der Waals surface area (Å²) in [5.74, 6) is -0.113. The van der Waals surface area contributed by atoms with Crippen LogP contribution in [0.1, 0.15) is 30.1 Å². The standard InChI is InChI=1S/C11H13FO2/c1-7-4-5-8-9(13)3-2-6-14-11(8)10(7)12/h4-5,9,13H,2-3,6H2,1H3/t9-/m0/s1. The second kappa shape index (κ2) is 3.58. The zero-order chi connectivity index (χ0) is 10.1. The van der Waals surface area contributed by atoms with E-state index in [-0.39, 0.29) is 11.6 Å². The van der Waals surface area contributed by atoms with E-state index in [0.29, 0.717) is 24.2 Å². The predicted octanol–water partition coefficient (Wildman–Crippen LogP) is 2.34. The SMILES string of the molecule is Cc1ccc2c(c1F)OCCC[C@@H]2O.